The van der Waals surface area contributed by atoms with Gasteiger partial charge in [-0.15, -0.1) is 0 Å². The zero-order valence-electron chi connectivity index (χ0n) is 22.8. The summed E-state index contributed by atoms with van der Waals surface area (Å²) in [5.41, 5.74) is 7.61. The summed E-state index contributed by atoms with van der Waals surface area (Å²) in [6, 6.07) is 22.0. The van der Waals surface area contributed by atoms with Gasteiger partial charge in [-0.3, -0.25) is 4.99 Å². The number of rotatable bonds is 9. The molecule has 35 heavy (non-hydrogen) atoms. The summed E-state index contributed by atoms with van der Waals surface area (Å²) in [5, 5.41) is 1.36. The summed E-state index contributed by atoms with van der Waals surface area (Å²) < 4.78 is 6.76. The second kappa shape index (κ2) is 11.5. The third kappa shape index (κ3) is 6.42. The van der Waals surface area contributed by atoms with Crippen molar-refractivity contribution in [2.24, 2.45) is 4.99 Å². The molecule has 2 nitrogen and oxygen atoms in total. The van der Waals surface area contributed by atoms with Gasteiger partial charge in [0.2, 0.25) is 0 Å². The van der Waals surface area contributed by atoms with Crippen molar-refractivity contribution in [2.45, 2.75) is 78.5 Å². The van der Waals surface area contributed by atoms with Crippen LogP contribution in [0.25, 0.3) is 0 Å². The lowest BCUT2D eigenvalue weighted by Crippen LogP contribution is -2.26. The number of hydrogen-bond donors (Lipinski definition) is 0. The molecule has 0 fully saturated rings. The Hall–Kier alpha value is -2.44. The first-order valence-electron chi connectivity index (χ1n) is 12.8. The van der Waals surface area contributed by atoms with Crippen molar-refractivity contribution in [3.05, 3.63) is 94.0 Å². The van der Waals surface area contributed by atoms with Crippen molar-refractivity contribution in [1.29, 1.82) is 0 Å². The third-order valence-corrected chi connectivity index (χ3v) is 9.02. The van der Waals surface area contributed by atoms with E-state index in [1.54, 1.807) is 0 Å². The maximum absolute atomic E-state index is 6.76. The lowest BCUT2D eigenvalue weighted by molar-refractivity contribution is 0.289. The summed E-state index contributed by atoms with van der Waals surface area (Å²) in [6.45, 7) is 16.5. The maximum Gasteiger partial charge on any atom is 0.127 e. The second-order valence-electron chi connectivity index (χ2n) is 10.6. The smallest absolute Gasteiger partial charge is 0.127 e. The number of nitrogens with zero attached hydrogens (tertiary/aromatic N) is 1. The predicted octanol–water partition coefficient (Wildman–Crippen LogP) is 8.25. The second-order valence-corrected chi connectivity index (χ2v) is 12.4. The summed E-state index contributed by atoms with van der Waals surface area (Å²) in [4.78, 5) is 4.36. The Morgan fingerprint density at radius 3 is 2.11 bits per heavy atom. The molecule has 3 aromatic carbocycles. The van der Waals surface area contributed by atoms with Gasteiger partial charge in [0, 0.05) is 29.5 Å². The van der Waals surface area contributed by atoms with E-state index >= 15 is 0 Å². The Balaban J connectivity index is 2.19. The Bertz CT molecular complexity index is 1150. The van der Waals surface area contributed by atoms with Crippen LogP contribution < -0.4 is 10.0 Å². The molecule has 0 aliphatic rings. The lowest BCUT2D eigenvalue weighted by atomic mass is 9.80. The van der Waals surface area contributed by atoms with Crippen LogP contribution in [0.15, 0.2) is 65.7 Å². The van der Waals surface area contributed by atoms with Crippen LogP contribution >= 0.6 is 8.58 Å². The van der Waals surface area contributed by atoms with Gasteiger partial charge >= 0.3 is 0 Å². The molecule has 0 aliphatic heterocycles. The van der Waals surface area contributed by atoms with Crippen LogP contribution in [0.5, 0.6) is 5.75 Å². The lowest BCUT2D eigenvalue weighted by Gasteiger charge is -2.37. The number of hydrogen-bond acceptors (Lipinski definition) is 2. The quantitative estimate of drug-likeness (QED) is 0.220. The molecule has 3 rings (SSSR count). The van der Waals surface area contributed by atoms with Gasteiger partial charge in [-0.25, -0.2) is 0 Å². The number of ether oxygens (including phenoxy) is 1. The molecule has 0 bridgehead atoms. The summed E-state index contributed by atoms with van der Waals surface area (Å²) in [6.07, 6.45) is 4.11. The Kier molecular flexibility index (Phi) is 8.94. The van der Waals surface area contributed by atoms with E-state index in [0.29, 0.717) is 15.2 Å². The van der Waals surface area contributed by atoms with Crippen LogP contribution in [0, 0.1) is 13.8 Å². The fourth-order valence-corrected chi connectivity index (χ4v) is 6.38. The highest BCUT2D eigenvalue weighted by Gasteiger charge is 2.35. The van der Waals surface area contributed by atoms with Crippen LogP contribution in [0.3, 0.4) is 0 Å². The van der Waals surface area contributed by atoms with E-state index in [4.69, 9.17) is 4.74 Å². The van der Waals surface area contributed by atoms with Gasteiger partial charge in [0.15, 0.2) is 0 Å². The van der Waals surface area contributed by atoms with Crippen molar-refractivity contribution in [3.63, 3.8) is 0 Å². The highest BCUT2D eigenvalue weighted by molar-refractivity contribution is 7.48. The standard InChI is InChI=1S/C32H42NOP/c1-9-32(10-2,35-29-17-16-23(3)18-26(29)21-33-8)28-20-24(4)19-27(31(5,6)7)30(28)34-22-25-14-12-11-13-15-25/h11-21,35H,9-10,22H2,1-8H3. The summed E-state index contributed by atoms with van der Waals surface area (Å²) in [7, 11) is 2.48. The summed E-state index contributed by atoms with van der Waals surface area (Å²) >= 11 is 0. The Morgan fingerprint density at radius 2 is 1.51 bits per heavy atom. The van der Waals surface area contributed by atoms with Gasteiger partial charge in [-0.2, -0.15) is 0 Å². The average molecular weight is 488 g/mol. The first kappa shape index (κ1) is 27.2. The van der Waals surface area contributed by atoms with Crippen molar-refractivity contribution in [3.8, 4) is 5.75 Å². The Labute approximate surface area is 215 Å². The monoisotopic (exact) mass is 487 g/mol. The minimum absolute atomic E-state index is 0.0103. The van der Waals surface area contributed by atoms with Crippen LogP contribution in [0.2, 0.25) is 0 Å². The van der Waals surface area contributed by atoms with Crippen molar-refractivity contribution in [1.82, 2.24) is 0 Å². The molecular weight excluding hydrogens is 445 g/mol. The largest absolute Gasteiger partial charge is 0.488 e. The van der Waals surface area contributed by atoms with Gasteiger partial charge < -0.3 is 4.74 Å². The van der Waals surface area contributed by atoms with Crippen LogP contribution in [-0.2, 0) is 17.2 Å². The SMILES string of the molecule is CCC(CC)(Pc1ccc(C)cc1C=NC)c1cc(C)cc(C(C)(C)C)c1OCc1ccccc1. The van der Waals surface area contributed by atoms with Crippen molar-refractivity contribution < 1.29 is 4.74 Å². The summed E-state index contributed by atoms with van der Waals surface area (Å²) in [5.74, 6) is 1.07. The highest BCUT2D eigenvalue weighted by atomic mass is 31.1. The highest BCUT2D eigenvalue weighted by Crippen LogP contribution is 2.52. The number of aryl methyl sites for hydroxylation is 2. The van der Waals surface area contributed by atoms with Gasteiger partial charge in [0.1, 0.15) is 12.4 Å². The number of aliphatic imine (C=N–C) groups is 1. The molecule has 0 spiro atoms. The average Bonchev–Trinajstić information content (AvgIpc) is 2.83. The molecule has 1 atom stereocenters. The molecule has 3 aromatic rings. The molecule has 0 aromatic heterocycles. The molecule has 186 valence electrons. The maximum atomic E-state index is 6.76. The van der Waals surface area contributed by atoms with Crippen LogP contribution in [0.4, 0.5) is 0 Å². The van der Waals surface area contributed by atoms with E-state index in [-0.39, 0.29) is 10.6 Å². The van der Waals surface area contributed by atoms with Crippen LogP contribution in [0.1, 0.15) is 80.8 Å². The fraction of sp³-hybridized carbons (Fsp3) is 0.406. The topological polar surface area (TPSA) is 21.6 Å². The van der Waals surface area contributed by atoms with E-state index in [0.717, 1.165) is 18.6 Å². The zero-order chi connectivity index (χ0) is 25.6. The molecule has 0 radical (unpaired) electrons. The third-order valence-electron chi connectivity index (χ3n) is 6.84. The van der Waals surface area contributed by atoms with Gasteiger partial charge in [0.25, 0.3) is 0 Å². The molecule has 0 amide bonds. The van der Waals surface area contributed by atoms with E-state index < -0.39 is 0 Å². The zero-order valence-corrected chi connectivity index (χ0v) is 23.8. The molecule has 3 heteroatoms. The molecule has 0 saturated heterocycles. The normalized spacial score (nSPS) is 12.7. The van der Waals surface area contributed by atoms with E-state index in [1.165, 1.54) is 38.7 Å². The molecule has 0 N–H and O–H groups in total. The van der Waals surface area contributed by atoms with Crippen molar-refractivity contribution in [2.75, 3.05) is 7.05 Å². The molecular formula is C32H42NOP. The fourth-order valence-electron chi connectivity index (χ4n) is 4.75. The number of benzene rings is 3. The van der Waals surface area contributed by atoms with Crippen LogP contribution in [-0.4, -0.2) is 13.3 Å². The minimum atomic E-state index is -0.0208. The first-order chi connectivity index (χ1) is 16.6. The predicted molar refractivity (Wildman–Crippen MR) is 156 cm³/mol. The van der Waals surface area contributed by atoms with E-state index in [1.807, 2.05) is 13.3 Å². The molecule has 1 unspecified atom stereocenters. The molecule has 0 aliphatic carbocycles. The molecule has 0 saturated carbocycles. The van der Waals surface area contributed by atoms with Gasteiger partial charge in [0.05, 0.1) is 0 Å². The van der Waals surface area contributed by atoms with E-state index in [9.17, 15) is 0 Å². The Morgan fingerprint density at radius 1 is 0.857 bits per heavy atom. The van der Waals surface area contributed by atoms with E-state index in [2.05, 4.69) is 114 Å². The van der Waals surface area contributed by atoms with Crippen molar-refractivity contribution >= 4 is 20.1 Å². The minimum Gasteiger partial charge on any atom is -0.488 e. The molecule has 0 heterocycles. The van der Waals surface area contributed by atoms with Gasteiger partial charge in [-0.05, 0) is 54.6 Å². The first-order valence-corrected chi connectivity index (χ1v) is 13.8. The van der Waals surface area contributed by atoms with Gasteiger partial charge in [-0.1, -0.05) is 109 Å².